The fourth-order valence-corrected chi connectivity index (χ4v) is 2.96. The molecule has 106 valence electrons. The van der Waals surface area contributed by atoms with Gasteiger partial charge in [-0.3, -0.25) is 4.79 Å². The first-order valence-electron chi connectivity index (χ1n) is 7.08. The maximum atomic E-state index is 12.0. The first-order chi connectivity index (χ1) is 9.66. The average molecular weight is 287 g/mol. The second-order valence-corrected chi connectivity index (χ2v) is 6.26. The van der Waals surface area contributed by atoms with Crippen molar-refractivity contribution < 1.29 is 4.79 Å². The molecule has 0 aliphatic heterocycles. The van der Waals surface area contributed by atoms with E-state index in [-0.39, 0.29) is 5.91 Å². The molecule has 0 atom stereocenters. The van der Waals surface area contributed by atoms with E-state index in [9.17, 15) is 4.79 Å². The summed E-state index contributed by atoms with van der Waals surface area (Å²) < 4.78 is 0. The third-order valence-electron chi connectivity index (χ3n) is 3.26. The molecule has 0 aliphatic carbocycles. The highest BCUT2D eigenvalue weighted by molar-refractivity contribution is 7.09. The smallest absolute Gasteiger partial charge is 0.224 e. The van der Waals surface area contributed by atoms with E-state index in [1.54, 1.807) is 11.3 Å². The minimum atomic E-state index is 0.106. The number of aryl methyl sites for hydroxylation is 1. The maximum Gasteiger partial charge on any atom is 0.224 e. The number of benzene rings is 1. The Bertz CT molecular complexity index is 546. The van der Waals surface area contributed by atoms with E-state index < -0.39 is 0 Å². The van der Waals surface area contributed by atoms with Crippen LogP contribution in [-0.4, -0.2) is 5.91 Å². The molecule has 1 aromatic heterocycles. The molecule has 2 aromatic rings. The van der Waals surface area contributed by atoms with E-state index >= 15 is 0 Å². The first-order valence-corrected chi connectivity index (χ1v) is 7.96. The van der Waals surface area contributed by atoms with Crippen molar-refractivity contribution in [2.24, 2.45) is 0 Å². The van der Waals surface area contributed by atoms with E-state index in [4.69, 9.17) is 0 Å². The normalized spacial score (nSPS) is 10.8. The fourth-order valence-electron chi connectivity index (χ4n) is 2.21. The molecule has 0 radical (unpaired) electrons. The van der Waals surface area contributed by atoms with E-state index in [1.807, 2.05) is 18.2 Å². The van der Waals surface area contributed by atoms with Crippen LogP contribution in [0, 0.1) is 0 Å². The Morgan fingerprint density at radius 2 is 2.00 bits per heavy atom. The van der Waals surface area contributed by atoms with E-state index in [0.29, 0.717) is 12.3 Å². The predicted octanol–water partition coefficient (Wildman–Crippen LogP) is 4.83. The lowest BCUT2D eigenvalue weighted by molar-refractivity contribution is -0.116. The highest BCUT2D eigenvalue weighted by Crippen LogP contribution is 2.23. The van der Waals surface area contributed by atoms with Crippen LogP contribution in [0.2, 0.25) is 0 Å². The molecule has 2 rings (SSSR count). The monoisotopic (exact) mass is 287 g/mol. The summed E-state index contributed by atoms with van der Waals surface area (Å²) in [5.74, 6) is 0.521. The van der Waals surface area contributed by atoms with Crippen molar-refractivity contribution in [2.45, 2.75) is 39.0 Å². The van der Waals surface area contributed by atoms with Crippen molar-refractivity contribution >= 4 is 22.9 Å². The summed E-state index contributed by atoms with van der Waals surface area (Å²) in [6.45, 7) is 4.28. The van der Waals surface area contributed by atoms with Crippen LogP contribution < -0.4 is 5.32 Å². The minimum Gasteiger partial charge on any atom is -0.326 e. The van der Waals surface area contributed by atoms with Crippen molar-refractivity contribution in [1.82, 2.24) is 0 Å². The summed E-state index contributed by atoms with van der Waals surface area (Å²) in [6.07, 6.45) is 2.46. The second kappa shape index (κ2) is 7.25. The number of hydrogen-bond acceptors (Lipinski definition) is 2. The van der Waals surface area contributed by atoms with Gasteiger partial charge in [-0.2, -0.15) is 0 Å². The molecule has 2 nitrogen and oxygen atoms in total. The minimum absolute atomic E-state index is 0.106. The third kappa shape index (κ3) is 4.20. The maximum absolute atomic E-state index is 12.0. The van der Waals surface area contributed by atoms with Crippen molar-refractivity contribution in [3.8, 4) is 0 Å². The molecular weight excluding hydrogens is 266 g/mol. The van der Waals surface area contributed by atoms with Crippen LogP contribution in [-0.2, 0) is 11.2 Å². The zero-order valence-electron chi connectivity index (χ0n) is 12.1. The van der Waals surface area contributed by atoms with Crippen molar-refractivity contribution in [3.05, 3.63) is 52.2 Å². The number of amides is 1. The molecule has 0 spiro atoms. The quantitative estimate of drug-likeness (QED) is 0.809. The molecule has 1 aromatic carbocycles. The molecule has 0 unspecified atom stereocenters. The Balaban J connectivity index is 1.85. The van der Waals surface area contributed by atoms with Gasteiger partial charge in [-0.15, -0.1) is 11.3 Å². The lowest BCUT2D eigenvalue weighted by Gasteiger charge is -2.13. The molecule has 1 N–H and O–H groups in total. The standard InChI is InChI=1S/C17H21NOS/c1-13(2)15-9-3-4-10-16(15)18-17(19)11-5-7-14-8-6-12-20-14/h3-4,6,8-10,12-13H,5,7,11H2,1-2H3,(H,18,19). The summed E-state index contributed by atoms with van der Waals surface area (Å²) >= 11 is 1.75. The van der Waals surface area contributed by atoms with Gasteiger partial charge in [-0.1, -0.05) is 38.1 Å². The fraction of sp³-hybridized carbons (Fsp3) is 0.353. The van der Waals surface area contributed by atoms with Gasteiger partial charge in [0.15, 0.2) is 0 Å². The SMILES string of the molecule is CC(C)c1ccccc1NC(=O)CCCc1cccs1. The predicted molar refractivity (Wildman–Crippen MR) is 86.4 cm³/mol. The summed E-state index contributed by atoms with van der Waals surface area (Å²) in [4.78, 5) is 13.4. The summed E-state index contributed by atoms with van der Waals surface area (Å²) in [5, 5.41) is 5.11. The van der Waals surface area contributed by atoms with Gasteiger partial charge in [0.2, 0.25) is 5.91 Å². The Morgan fingerprint density at radius 1 is 1.20 bits per heavy atom. The Hall–Kier alpha value is -1.61. The van der Waals surface area contributed by atoms with Gasteiger partial charge >= 0.3 is 0 Å². The highest BCUT2D eigenvalue weighted by atomic mass is 32.1. The molecule has 0 saturated heterocycles. The number of carbonyl (C=O) groups is 1. The topological polar surface area (TPSA) is 29.1 Å². The molecule has 0 fully saturated rings. The van der Waals surface area contributed by atoms with Gasteiger partial charge in [0.1, 0.15) is 0 Å². The molecule has 0 bridgehead atoms. The third-order valence-corrected chi connectivity index (χ3v) is 4.20. The van der Waals surface area contributed by atoms with Gasteiger partial charge in [0, 0.05) is 17.0 Å². The first kappa shape index (κ1) is 14.8. The number of hydrogen-bond donors (Lipinski definition) is 1. The van der Waals surface area contributed by atoms with Crippen LogP contribution in [0.5, 0.6) is 0 Å². The lowest BCUT2D eigenvalue weighted by atomic mass is 10.0. The number of carbonyl (C=O) groups excluding carboxylic acids is 1. The number of thiophene rings is 1. The summed E-state index contributed by atoms with van der Waals surface area (Å²) in [7, 11) is 0. The van der Waals surface area contributed by atoms with Crippen LogP contribution in [0.25, 0.3) is 0 Å². The highest BCUT2D eigenvalue weighted by Gasteiger charge is 2.09. The van der Waals surface area contributed by atoms with Crippen molar-refractivity contribution in [2.75, 3.05) is 5.32 Å². The van der Waals surface area contributed by atoms with Crippen LogP contribution in [0.1, 0.15) is 43.0 Å². The number of para-hydroxylation sites is 1. The second-order valence-electron chi connectivity index (χ2n) is 5.22. The summed E-state index contributed by atoms with van der Waals surface area (Å²) in [6, 6.07) is 12.2. The molecule has 1 amide bonds. The zero-order chi connectivity index (χ0) is 14.4. The number of anilines is 1. The van der Waals surface area contributed by atoms with Gasteiger partial charge in [-0.25, -0.2) is 0 Å². The molecule has 0 saturated carbocycles. The molecule has 3 heteroatoms. The van der Waals surface area contributed by atoms with E-state index in [1.165, 1.54) is 10.4 Å². The largest absolute Gasteiger partial charge is 0.326 e. The van der Waals surface area contributed by atoms with Crippen LogP contribution in [0.4, 0.5) is 5.69 Å². The molecule has 0 aliphatic rings. The molecular formula is C17H21NOS. The van der Waals surface area contributed by atoms with Crippen LogP contribution in [0.3, 0.4) is 0 Å². The Kier molecular flexibility index (Phi) is 5.36. The molecule has 20 heavy (non-hydrogen) atoms. The Morgan fingerprint density at radius 3 is 2.70 bits per heavy atom. The zero-order valence-corrected chi connectivity index (χ0v) is 12.9. The molecule has 1 heterocycles. The lowest BCUT2D eigenvalue weighted by Crippen LogP contribution is -2.13. The number of nitrogens with one attached hydrogen (secondary N) is 1. The van der Waals surface area contributed by atoms with Crippen LogP contribution >= 0.6 is 11.3 Å². The Labute approximate surface area is 124 Å². The van der Waals surface area contributed by atoms with E-state index in [0.717, 1.165) is 18.5 Å². The summed E-state index contributed by atoms with van der Waals surface area (Å²) in [5.41, 5.74) is 2.14. The van der Waals surface area contributed by atoms with Crippen molar-refractivity contribution in [1.29, 1.82) is 0 Å². The van der Waals surface area contributed by atoms with Crippen LogP contribution in [0.15, 0.2) is 41.8 Å². The van der Waals surface area contributed by atoms with Gasteiger partial charge in [0.25, 0.3) is 0 Å². The van der Waals surface area contributed by atoms with Gasteiger partial charge < -0.3 is 5.32 Å². The van der Waals surface area contributed by atoms with E-state index in [2.05, 4.69) is 42.7 Å². The van der Waals surface area contributed by atoms with Gasteiger partial charge in [-0.05, 0) is 41.8 Å². The van der Waals surface area contributed by atoms with Gasteiger partial charge in [0.05, 0.1) is 0 Å². The van der Waals surface area contributed by atoms with Crippen molar-refractivity contribution in [3.63, 3.8) is 0 Å². The average Bonchev–Trinajstić information content (AvgIpc) is 2.92. The number of rotatable bonds is 6.